The largest absolute Gasteiger partial charge is 0.330 e. The maximum absolute atomic E-state index is 6.01. The van der Waals surface area contributed by atoms with Crippen molar-refractivity contribution in [3.05, 3.63) is 0 Å². The normalized spacial score (nSPS) is 12.8. The van der Waals surface area contributed by atoms with Crippen molar-refractivity contribution in [2.24, 2.45) is 11.5 Å². The lowest BCUT2D eigenvalue weighted by Crippen LogP contribution is -2.20. The van der Waals surface area contributed by atoms with Gasteiger partial charge in [0.05, 0.1) is 0 Å². The molecule has 1 unspecified atom stereocenters. The highest BCUT2D eigenvalue weighted by Crippen LogP contribution is 2.12. The Morgan fingerprint density at radius 3 is 1.61 bits per heavy atom. The Balaban J connectivity index is 3.02. The lowest BCUT2D eigenvalue weighted by Gasteiger charge is -2.10. The molecule has 0 radical (unpaired) electrons. The van der Waals surface area contributed by atoms with Gasteiger partial charge in [-0.05, 0) is 25.8 Å². The van der Waals surface area contributed by atoms with E-state index >= 15 is 0 Å². The smallest absolute Gasteiger partial charge is 0.00392 e. The summed E-state index contributed by atoms with van der Waals surface area (Å²) in [6, 6.07) is 0.391. The minimum atomic E-state index is 0.391. The molecular weight excluding hydrogens is 220 g/mol. The van der Waals surface area contributed by atoms with E-state index in [-0.39, 0.29) is 0 Å². The first kappa shape index (κ1) is 17.9. The van der Waals surface area contributed by atoms with E-state index in [0.717, 1.165) is 19.4 Å². The molecule has 2 nitrogen and oxygen atoms in total. The van der Waals surface area contributed by atoms with E-state index < -0.39 is 0 Å². The van der Waals surface area contributed by atoms with Crippen LogP contribution in [0.1, 0.15) is 90.4 Å². The highest BCUT2D eigenvalue weighted by atomic mass is 14.6. The average molecular weight is 256 g/mol. The Hall–Kier alpha value is -0.0800. The van der Waals surface area contributed by atoms with Crippen LogP contribution in [0.15, 0.2) is 0 Å². The van der Waals surface area contributed by atoms with Crippen LogP contribution in [0.25, 0.3) is 0 Å². The topological polar surface area (TPSA) is 52.0 Å². The van der Waals surface area contributed by atoms with Gasteiger partial charge in [0.2, 0.25) is 0 Å². The third-order valence-electron chi connectivity index (χ3n) is 3.71. The Kier molecular flexibility index (Phi) is 14.9. The standard InChI is InChI=1S/C16H36N2/c1-2-3-4-5-6-7-8-9-10-11-13-16(18)14-12-15-17/h16H,2-15,17-18H2,1H3. The van der Waals surface area contributed by atoms with Crippen molar-refractivity contribution in [3.8, 4) is 0 Å². The molecule has 0 amide bonds. The molecule has 4 N–H and O–H groups in total. The molecule has 0 aliphatic heterocycles. The molecule has 0 aliphatic carbocycles. The van der Waals surface area contributed by atoms with Crippen LogP contribution in [0.4, 0.5) is 0 Å². The number of nitrogens with two attached hydrogens (primary N) is 2. The van der Waals surface area contributed by atoms with Crippen molar-refractivity contribution in [2.45, 2.75) is 96.4 Å². The minimum Gasteiger partial charge on any atom is -0.330 e. The quantitative estimate of drug-likeness (QED) is 0.454. The lowest BCUT2D eigenvalue weighted by atomic mass is 10.0. The lowest BCUT2D eigenvalue weighted by molar-refractivity contribution is 0.497. The molecule has 0 heterocycles. The summed E-state index contributed by atoms with van der Waals surface area (Å²) < 4.78 is 0. The summed E-state index contributed by atoms with van der Waals surface area (Å²) in [6.07, 6.45) is 17.4. The van der Waals surface area contributed by atoms with Crippen LogP contribution in [-0.4, -0.2) is 12.6 Å². The van der Waals surface area contributed by atoms with Crippen molar-refractivity contribution >= 4 is 0 Å². The summed E-state index contributed by atoms with van der Waals surface area (Å²) in [5, 5.41) is 0. The fraction of sp³-hybridized carbons (Fsp3) is 1.00. The monoisotopic (exact) mass is 256 g/mol. The van der Waals surface area contributed by atoms with Gasteiger partial charge in [0.25, 0.3) is 0 Å². The summed E-state index contributed by atoms with van der Waals surface area (Å²) in [5.74, 6) is 0. The molecule has 0 spiro atoms. The predicted octanol–water partition coefficient (Wildman–Crippen LogP) is 4.36. The fourth-order valence-electron chi connectivity index (χ4n) is 2.42. The fourth-order valence-corrected chi connectivity index (χ4v) is 2.42. The Bertz CT molecular complexity index is 148. The maximum atomic E-state index is 6.01. The number of rotatable bonds is 14. The third-order valence-corrected chi connectivity index (χ3v) is 3.71. The summed E-state index contributed by atoms with van der Waals surface area (Å²) in [5.41, 5.74) is 11.5. The zero-order valence-electron chi connectivity index (χ0n) is 12.6. The van der Waals surface area contributed by atoms with Gasteiger partial charge in [-0.25, -0.2) is 0 Å². The van der Waals surface area contributed by atoms with Crippen molar-refractivity contribution in [1.29, 1.82) is 0 Å². The number of hydrogen-bond acceptors (Lipinski definition) is 2. The van der Waals surface area contributed by atoms with Gasteiger partial charge < -0.3 is 11.5 Å². The van der Waals surface area contributed by atoms with E-state index in [1.54, 1.807) is 0 Å². The number of unbranched alkanes of at least 4 members (excludes halogenated alkanes) is 9. The second kappa shape index (κ2) is 15.0. The van der Waals surface area contributed by atoms with E-state index in [1.165, 1.54) is 70.6 Å². The molecule has 2 heteroatoms. The molecule has 0 saturated heterocycles. The van der Waals surface area contributed by atoms with Crippen LogP contribution in [0, 0.1) is 0 Å². The highest BCUT2D eigenvalue weighted by Gasteiger charge is 2.01. The predicted molar refractivity (Wildman–Crippen MR) is 82.7 cm³/mol. The van der Waals surface area contributed by atoms with E-state index in [2.05, 4.69) is 6.92 Å². The first-order chi connectivity index (χ1) is 8.81. The second-order valence-corrected chi connectivity index (χ2v) is 5.66. The zero-order chi connectivity index (χ0) is 13.5. The summed E-state index contributed by atoms with van der Waals surface area (Å²) in [7, 11) is 0. The van der Waals surface area contributed by atoms with Crippen LogP contribution >= 0.6 is 0 Å². The van der Waals surface area contributed by atoms with Crippen molar-refractivity contribution < 1.29 is 0 Å². The minimum absolute atomic E-state index is 0.391. The van der Waals surface area contributed by atoms with Crippen LogP contribution in [-0.2, 0) is 0 Å². The Morgan fingerprint density at radius 1 is 0.667 bits per heavy atom. The highest BCUT2D eigenvalue weighted by molar-refractivity contribution is 4.61. The molecular formula is C16H36N2. The first-order valence-corrected chi connectivity index (χ1v) is 8.27. The number of hydrogen-bond donors (Lipinski definition) is 2. The van der Waals surface area contributed by atoms with Gasteiger partial charge in [-0.15, -0.1) is 0 Å². The van der Waals surface area contributed by atoms with Gasteiger partial charge in [-0.1, -0.05) is 71.1 Å². The molecule has 0 bridgehead atoms. The SMILES string of the molecule is CCCCCCCCCCCCC(N)CCCN. The van der Waals surface area contributed by atoms with E-state index in [4.69, 9.17) is 11.5 Å². The molecule has 110 valence electrons. The van der Waals surface area contributed by atoms with E-state index in [0.29, 0.717) is 6.04 Å². The molecule has 1 atom stereocenters. The first-order valence-electron chi connectivity index (χ1n) is 8.27. The van der Waals surface area contributed by atoms with Crippen LogP contribution in [0.2, 0.25) is 0 Å². The Morgan fingerprint density at radius 2 is 1.11 bits per heavy atom. The van der Waals surface area contributed by atoms with Crippen molar-refractivity contribution in [2.75, 3.05) is 6.54 Å². The summed E-state index contributed by atoms with van der Waals surface area (Å²) in [4.78, 5) is 0. The summed E-state index contributed by atoms with van der Waals surface area (Å²) >= 11 is 0. The molecule has 0 aromatic carbocycles. The molecule has 0 saturated carbocycles. The molecule has 0 rings (SSSR count). The zero-order valence-corrected chi connectivity index (χ0v) is 12.6. The van der Waals surface area contributed by atoms with Gasteiger partial charge >= 0.3 is 0 Å². The van der Waals surface area contributed by atoms with Gasteiger partial charge in [-0.3, -0.25) is 0 Å². The van der Waals surface area contributed by atoms with Crippen molar-refractivity contribution in [1.82, 2.24) is 0 Å². The maximum Gasteiger partial charge on any atom is 0.00392 e. The second-order valence-electron chi connectivity index (χ2n) is 5.66. The van der Waals surface area contributed by atoms with E-state index in [1.807, 2.05) is 0 Å². The molecule has 0 fully saturated rings. The molecule has 0 aromatic heterocycles. The van der Waals surface area contributed by atoms with Gasteiger partial charge in [0.1, 0.15) is 0 Å². The average Bonchev–Trinajstić information content (AvgIpc) is 2.38. The molecule has 0 aliphatic rings. The van der Waals surface area contributed by atoms with Gasteiger partial charge in [-0.2, -0.15) is 0 Å². The van der Waals surface area contributed by atoms with Gasteiger partial charge in [0.15, 0.2) is 0 Å². The van der Waals surface area contributed by atoms with Crippen LogP contribution in [0.3, 0.4) is 0 Å². The third kappa shape index (κ3) is 14.0. The van der Waals surface area contributed by atoms with Crippen LogP contribution in [0.5, 0.6) is 0 Å². The summed E-state index contributed by atoms with van der Waals surface area (Å²) in [6.45, 7) is 3.06. The van der Waals surface area contributed by atoms with Gasteiger partial charge in [0, 0.05) is 6.04 Å². The Labute approximate surface area is 115 Å². The molecule has 0 aromatic rings. The van der Waals surface area contributed by atoms with E-state index in [9.17, 15) is 0 Å². The molecule has 18 heavy (non-hydrogen) atoms. The van der Waals surface area contributed by atoms with Crippen LogP contribution < -0.4 is 11.5 Å². The van der Waals surface area contributed by atoms with Crippen molar-refractivity contribution in [3.63, 3.8) is 0 Å².